The molecule has 22 heavy (non-hydrogen) atoms. The maximum Gasteiger partial charge on any atom is 0.0985 e. The Morgan fingerprint density at radius 1 is 1.32 bits per heavy atom. The van der Waals surface area contributed by atoms with E-state index >= 15 is 0 Å². The second-order valence-corrected chi connectivity index (χ2v) is 8.54. The molecule has 4 nitrogen and oxygen atoms in total. The van der Waals surface area contributed by atoms with Crippen LogP contribution in [-0.4, -0.2) is 47.3 Å². The van der Waals surface area contributed by atoms with Crippen LogP contribution in [-0.2, 0) is 5.41 Å². The van der Waals surface area contributed by atoms with Gasteiger partial charge in [0.1, 0.15) is 0 Å². The van der Waals surface area contributed by atoms with Gasteiger partial charge in [-0.1, -0.05) is 20.8 Å². The van der Waals surface area contributed by atoms with Gasteiger partial charge in [0.25, 0.3) is 0 Å². The normalized spacial score (nSPS) is 19.5. The number of aliphatic hydroxyl groups excluding tert-OH is 1. The van der Waals surface area contributed by atoms with Crippen LogP contribution in [0, 0.1) is 6.92 Å². The van der Waals surface area contributed by atoms with Crippen LogP contribution in [0.4, 0.5) is 0 Å². The first-order valence-corrected chi connectivity index (χ1v) is 9.20. The number of rotatable bonds is 6. The molecule has 0 aromatic carbocycles. The minimum absolute atomic E-state index is 0.0999. The Hall–Kier alpha value is -0.490. The number of aliphatic hydroxyl groups is 1. The number of thiazole rings is 1. The molecule has 0 spiro atoms. The monoisotopic (exact) mass is 325 g/mol. The molecule has 0 saturated carbocycles. The topological polar surface area (TPSA) is 48.4 Å². The zero-order valence-corrected chi connectivity index (χ0v) is 15.5. The molecule has 2 unspecified atom stereocenters. The van der Waals surface area contributed by atoms with E-state index in [-0.39, 0.29) is 17.6 Å². The molecule has 1 fully saturated rings. The highest BCUT2D eigenvalue weighted by Crippen LogP contribution is 2.32. The van der Waals surface area contributed by atoms with E-state index in [4.69, 9.17) is 4.98 Å². The molecule has 0 amide bonds. The van der Waals surface area contributed by atoms with E-state index in [1.54, 1.807) is 11.3 Å². The molecule has 0 radical (unpaired) electrons. The maximum absolute atomic E-state index is 10.2. The number of nitrogens with one attached hydrogen (secondary N) is 1. The number of hydrogen-bond acceptors (Lipinski definition) is 5. The smallest absolute Gasteiger partial charge is 0.0985 e. The third-order valence-electron chi connectivity index (χ3n) is 4.19. The third-order valence-corrected chi connectivity index (χ3v) is 5.96. The molecule has 0 bridgehead atoms. The minimum atomic E-state index is -0.295. The van der Waals surface area contributed by atoms with Gasteiger partial charge in [0.15, 0.2) is 0 Å². The molecule has 2 heterocycles. The van der Waals surface area contributed by atoms with Gasteiger partial charge in [-0.2, -0.15) is 0 Å². The van der Waals surface area contributed by atoms with Crippen molar-refractivity contribution in [1.29, 1.82) is 0 Å². The molecule has 0 aliphatic carbocycles. The summed E-state index contributed by atoms with van der Waals surface area (Å²) >= 11 is 1.79. The van der Waals surface area contributed by atoms with Crippen LogP contribution in [0.2, 0.25) is 0 Å². The molecule has 1 aliphatic rings. The second-order valence-electron chi connectivity index (χ2n) is 7.51. The van der Waals surface area contributed by atoms with Crippen molar-refractivity contribution < 1.29 is 5.11 Å². The fraction of sp³-hybridized carbons (Fsp3) is 0.824. The van der Waals surface area contributed by atoms with E-state index < -0.39 is 0 Å². The van der Waals surface area contributed by atoms with Crippen LogP contribution < -0.4 is 5.32 Å². The van der Waals surface area contributed by atoms with Crippen molar-refractivity contribution in [3.63, 3.8) is 0 Å². The lowest BCUT2D eigenvalue weighted by Crippen LogP contribution is -2.37. The van der Waals surface area contributed by atoms with E-state index in [1.165, 1.54) is 22.7 Å². The van der Waals surface area contributed by atoms with E-state index in [0.29, 0.717) is 6.54 Å². The van der Waals surface area contributed by atoms with Crippen LogP contribution in [0.5, 0.6) is 0 Å². The predicted molar refractivity (Wildman–Crippen MR) is 93.6 cm³/mol. The summed E-state index contributed by atoms with van der Waals surface area (Å²) in [4.78, 5) is 8.36. The highest BCUT2D eigenvalue weighted by atomic mass is 32.1. The molecule has 2 rings (SSSR count). The number of nitrogens with zero attached hydrogens (tertiary/aromatic N) is 2. The molecule has 1 saturated heterocycles. The van der Waals surface area contributed by atoms with Gasteiger partial charge in [-0.3, -0.25) is 0 Å². The van der Waals surface area contributed by atoms with E-state index in [1.807, 2.05) is 0 Å². The van der Waals surface area contributed by atoms with Crippen molar-refractivity contribution in [2.75, 3.05) is 26.2 Å². The van der Waals surface area contributed by atoms with Crippen LogP contribution in [0.3, 0.4) is 0 Å². The molecule has 5 heteroatoms. The first-order valence-electron chi connectivity index (χ1n) is 8.39. The highest BCUT2D eigenvalue weighted by Gasteiger charge is 2.23. The van der Waals surface area contributed by atoms with Gasteiger partial charge in [0.05, 0.1) is 16.8 Å². The number of likely N-dealkylation sites (tertiary alicyclic amines) is 1. The Balaban J connectivity index is 1.86. The maximum atomic E-state index is 10.2. The fourth-order valence-corrected chi connectivity index (χ4v) is 4.01. The summed E-state index contributed by atoms with van der Waals surface area (Å²) in [5, 5.41) is 14.9. The van der Waals surface area contributed by atoms with Gasteiger partial charge in [-0.05, 0) is 39.8 Å². The van der Waals surface area contributed by atoms with Gasteiger partial charge in [-0.15, -0.1) is 11.3 Å². The average Bonchev–Trinajstić information content (AvgIpc) is 3.04. The highest BCUT2D eigenvalue weighted by molar-refractivity contribution is 7.12. The zero-order chi connectivity index (χ0) is 16.3. The fourth-order valence-electron chi connectivity index (χ4n) is 2.86. The van der Waals surface area contributed by atoms with Crippen LogP contribution in [0.1, 0.15) is 62.2 Å². The Morgan fingerprint density at radius 3 is 2.50 bits per heavy atom. The number of aryl methyl sites for hydroxylation is 1. The first kappa shape index (κ1) is 17.9. The summed E-state index contributed by atoms with van der Waals surface area (Å²) in [5.41, 5.74) is 1.21. The Morgan fingerprint density at radius 2 is 1.95 bits per heavy atom. The van der Waals surface area contributed by atoms with Crippen molar-refractivity contribution in [3.8, 4) is 0 Å². The predicted octanol–water partition coefficient (Wildman–Crippen LogP) is 2.86. The quantitative estimate of drug-likeness (QED) is 0.844. The number of aromatic nitrogens is 1. The standard InChI is InChI=1S/C17H31N3OS/c1-12(15-13(2)19-16(22-15)17(3,4)5)18-10-14(21)11-20-8-6-7-9-20/h12,14,18,21H,6-11H2,1-5H3. The minimum Gasteiger partial charge on any atom is -0.390 e. The first-order chi connectivity index (χ1) is 10.3. The molecular weight excluding hydrogens is 294 g/mol. The molecule has 2 N–H and O–H groups in total. The van der Waals surface area contributed by atoms with Crippen molar-refractivity contribution in [2.24, 2.45) is 0 Å². The average molecular weight is 326 g/mol. The van der Waals surface area contributed by atoms with Gasteiger partial charge < -0.3 is 15.3 Å². The van der Waals surface area contributed by atoms with Gasteiger partial charge in [-0.25, -0.2) is 4.98 Å². The SMILES string of the molecule is Cc1nc(C(C)(C)C)sc1C(C)NCC(O)CN1CCCC1. The lowest BCUT2D eigenvalue weighted by molar-refractivity contribution is 0.121. The molecule has 126 valence electrons. The number of β-amino-alcohol motifs (C(OH)–C–C–N with tert-alkyl or cyclic N) is 1. The Labute approximate surface area is 138 Å². The van der Waals surface area contributed by atoms with Crippen molar-refractivity contribution in [3.05, 3.63) is 15.6 Å². The van der Waals surface area contributed by atoms with Crippen molar-refractivity contribution in [2.45, 2.75) is 65.0 Å². The molecule has 1 aromatic heterocycles. The van der Waals surface area contributed by atoms with Crippen molar-refractivity contribution in [1.82, 2.24) is 15.2 Å². The van der Waals surface area contributed by atoms with Gasteiger partial charge in [0.2, 0.25) is 0 Å². The zero-order valence-electron chi connectivity index (χ0n) is 14.6. The van der Waals surface area contributed by atoms with E-state index in [0.717, 1.165) is 25.3 Å². The lowest BCUT2D eigenvalue weighted by atomic mass is 9.98. The number of hydrogen-bond donors (Lipinski definition) is 2. The molecular formula is C17H31N3OS. The summed E-state index contributed by atoms with van der Waals surface area (Å²) < 4.78 is 0. The Bertz CT molecular complexity index is 475. The van der Waals surface area contributed by atoms with E-state index in [9.17, 15) is 5.11 Å². The van der Waals surface area contributed by atoms with Crippen LogP contribution in [0.15, 0.2) is 0 Å². The molecule has 1 aliphatic heterocycles. The largest absolute Gasteiger partial charge is 0.390 e. The van der Waals surface area contributed by atoms with Crippen LogP contribution >= 0.6 is 11.3 Å². The second kappa shape index (κ2) is 7.39. The summed E-state index contributed by atoms with van der Waals surface area (Å²) in [6, 6.07) is 0.238. The van der Waals surface area contributed by atoms with Gasteiger partial charge >= 0.3 is 0 Å². The lowest BCUT2D eigenvalue weighted by Gasteiger charge is -2.21. The summed E-state index contributed by atoms with van der Waals surface area (Å²) in [7, 11) is 0. The van der Waals surface area contributed by atoms with Crippen LogP contribution in [0.25, 0.3) is 0 Å². The third kappa shape index (κ3) is 4.75. The molecule has 2 atom stereocenters. The van der Waals surface area contributed by atoms with Crippen molar-refractivity contribution >= 4 is 11.3 Å². The summed E-state index contributed by atoms with van der Waals surface area (Å²) in [6.45, 7) is 14.5. The summed E-state index contributed by atoms with van der Waals surface area (Å²) in [5.74, 6) is 0. The van der Waals surface area contributed by atoms with E-state index in [2.05, 4.69) is 44.8 Å². The summed E-state index contributed by atoms with van der Waals surface area (Å²) in [6.07, 6.45) is 2.24. The molecule has 1 aromatic rings. The Kier molecular flexibility index (Phi) is 6.00. The van der Waals surface area contributed by atoms with Gasteiger partial charge in [0, 0.05) is 29.4 Å².